The summed E-state index contributed by atoms with van der Waals surface area (Å²) in [5.41, 5.74) is 5.90. The normalized spacial score (nSPS) is 17.1. The van der Waals surface area contributed by atoms with Crippen molar-refractivity contribution in [2.45, 2.75) is 37.8 Å². The number of carbonyl (C=O) groups is 2. The maximum Gasteiger partial charge on any atom is 0.266 e. The summed E-state index contributed by atoms with van der Waals surface area (Å²) in [6.07, 6.45) is 0. The summed E-state index contributed by atoms with van der Waals surface area (Å²) >= 11 is 1.37. The van der Waals surface area contributed by atoms with Gasteiger partial charge in [0.25, 0.3) is 5.91 Å². The number of rotatable bonds is 5. The van der Waals surface area contributed by atoms with Gasteiger partial charge in [-0.05, 0) is 42.8 Å². The van der Waals surface area contributed by atoms with Crippen molar-refractivity contribution in [3.63, 3.8) is 0 Å². The highest BCUT2D eigenvalue weighted by molar-refractivity contribution is 8.01. The number of nitrogens with zero attached hydrogens (tertiary/aromatic N) is 2. The summed E-state index contributed by atoms with van der Waals surface area (Å²) in [4.78, 5) is 31.8. The Bertz CT molecular complexity index is 1230. The van der Waals surface area contributed by atoms with E-state index in [2.05, 4.69) is 10.7 Å². The molecular formula is C27H28N4O2S. The molecule has 1 fully saturated rings. The van der Waals surface area contributed by atoms with Crippen LogP contribution in [0.2, 0.25) is 0 Å². The van der Waals surface area contributed by atoms with Crippen molar-refractivity contribution in [3.8, 4) is 0 Å². The first-order valence-electron chi connectivity index (χ1n) is 11.1. The van der Waals surface area contributed by atoms with E-state index in [-0.39, 0.29) is 11.8 Å². The van der Waals surface area contributed by atoms with Gasteiger partial charge >= 0.3 is 0 Å². The molecule has 4 rings (SSSR count). The van der Waals surface area contributed by atoms with E-state index in [0.29, 0.717) is 11.5 Å². The molecule has 0 bridgehead atoms. The molecular weight excluding hydrogens is 444 g/mol. The molecule has 7 heteroatoms. The minimum atomic E-state index is -0.604. The van der Waals surface area contributed by atoms with E-state index >= 15 is 0 Å². The Balaban J connectivity index is 1.70. The molecule has 174 valence electrons. The first-order chi connectivity index (χ1) is 16.2. The van der Waals surface area contributed by atoms with Crippen LogP contribution in [0.4, 0.5) is 17.1 Å². The Hall–Kier alpha value is -3.58. The number of benzene rings is 3. The molecule has 6 nitrogen and oxygen atoms in total. The summed E-state index contributed by atoms with van der Waals surface area (Å²) in [5, 5.41) is 3.94. The summed E-state index contributed by atoms with van der Waals surface area (Å²) < 4.78 is 0. The van der Waals surface area contributed by atoms with E-state index in [9.17, 15) is 9.59 Å². The van der Waals surface area contributed by atoms with Crippen molar-refractivity contribution < 1.29 is 9.59 Å². The van der Waals surface area contributed by atoms with Gasteiger partial charge < -0.3 is 5.32 Å². The highest BCUT2D eigenvalue weighted by atomic mass is 32.2. The molecule has 2 amide bonds. The quantitative estimate of drug-likeness (QED) is 0.498. The van der Waals surface area contributed by atoms with Gasteiger partial charge in [-0.25, -0.2) is 10.0 Å². The van der Waals surface area contributed by atoms with Gasteiger partial charge in [0.05, 0.1) is 17.1 Å². The number of amidine groups is 1. The number of nitrogens with one attached hydrogen (secondary N) is 2. The zero-order valence-corrected chi connectivity index (χ0v) is 20.5. The topological polar surface area (TPSA) is 73.8 Å². The average molecular weight is 473 g/mol. The van der Waals surface area contributed by atoms with Crippen molar-refractivity contribution >= 4 is 46.5 Å². The third-order valence-electron chi connectivity index (χ3n) is 5.35. The zero-order valence-electron chi connectivity index (χ0n) is 19.7. The highest BCUT2D eigenvalue weighted by Gasteiger charge is 2.39. The number of aryl methyl sites for hydroxylation is 1. The molecule has 3 aromatic rings. The number of aliphatic imine (C=N–C) groups is 1. The third kappa shape index (κ3) is 5.15. The van der Waals surface area contributed by atoms with Gasteiger partial charge in [-0.1, -0.05) is 69.3 Å². The van der Waals surface area contributed by atoms with E-state index < -0.39 is 10.7 Å². The van der Waals surface area contributed by atoms with Crippen molar-refractivity contribution in [1.29, 1.82) is 0 Å². The van der Waals surface area contributed by atoms with E-state index in [1.165, 1.54) is 16.8 Å². The van der Waals surface area contributed by atoms with Gasteiger partial charge in [0.1, 0.15) is 11.1 Å². The lowest BCUT2D eigenvalue weighted by Gasteiger charge is -2.20. The van der Waals surface area contributed by atoms with E-state index in [1.54, 1.807) is 0 Å². The first kappa shape index (κ1) is 23.6. The number of para-hydroxylation sites is 3. The monoisotopic (exact) mass is 472 g/mol. The van der Waals surface area contributed by atoms with Gasteiger partial charge in [0.2, 0.25) is 5.91 Å². The van der Waals surface area contributed by atoms with Gasteiger partial charge in [-0.3, -0.25) is 15.0 Å². The zero-order chi connectivity index (χ0) is 24.3. The van der Waals surface area contributed by atoms with Crippen molar-refractivity contribution in [3.05, 3.63) is 84.4 Å². The number of amides is 2. The van der Waals surface area contributed by atoms with Crippen LogP contribution in [0.15, 0.2) is 88.8 Å². The Labute approximate surface area is 204 Å². The lowest BCUT2D eigenvalue weighted by Crippen LogP contribution is -2.35. The molecule has 0 radical (unpaired) electrons. The van der Waals surface area contributed by atoms with Crippen LogP contribution < -0.4 is 15.8 Å². The number of thioether (sulfide) groups is 1. The summed E-state index contributed by atoms with van der Waals surface area (Å²) in [5.74, 6) is 0.335. The fourth-order valence-corrected chi connectivity index (χ4v) is 4.43. The molecule has 1 unspecified atom stereocenters. The van der Waals surface area contributed by atoms with Crippen LogP contribution in [-0.4, -0.2) is 22.9 Å². The van der Waals surface area contributed by atoms with E-state index in [1.807, 2.05) is 107 Å². The molecule has 0 spiro atoms. The van der Waals surface area contributed by atoms with Crippen LogP contribution >= 0.6 is 11.8 Å². The highest BCUT2D eigenvalue weighted by Crippen LogP contribution is 2.36. The van der Waals surface area contributed by atoms with Gasteiger partial charge in [-0.2, -0.15) is 0 Å². The maximum absolute atomic E-state index is 13.6. The molecule has 2 N–H and O–H groups in total. The second-order valence-electron chi connectivity index (χ2n) is 9.10. The number of anilines is 2. The van der Waals surface area contributed by atoms with Crippen LogP contribution in [-0.2, 0) is 9.59 Å². The van der Waals surface area contributed by atoms with Crippen molar-refractivity contribution in [2.24, 2.45) is 10.4 Å². The largest absolute Gasteiger partial charge is 0.325 e. The second-order valence-corrected chi connectivity index (χ2v) is 10.2. The number of hydrazine groups is 1. The number of hydrogen-bond donors (Lipinski definition) is 2. The molecule has 1 aliphatic heterocycles. The number of hydrogen-bond acceptors (Lipinski definition) is 4. The molecule has 0 saturated carbocycles. The van der Waals surface area contributed by atoms with Crippen LogP contribution in [0.3, 0.4) is 0 Å². The lowest BCUT2D eigenvalue weighted by molar-refractivity contribution is -0.123. The molecule has 34 heavy (non-hydrogen) atoms. The summed E-state index contributed by atoms with van der Waals surface area (Å²) in [7, 11) is 0. The Morgan fingerprint density at radius 1 is 0.971 bits per heavy atom. The molecule has 1 aliphatic rings. The minimum absolute atomic E-state index is 0.0869. The molecule has 1 heterocycles. The van der Waals surface area contributed by atoms with E-state index in [4.69, 9.17) is 4.99 Å². The SMILES string of the molecule is Cc1ccccc1N=C1NN(c2ccccc2)C(=O)C1Sc1ccccc1NC(=O)C(C)(C)C. The fourth-order valence-electron chi connectivity index (χ4n) is 3.35. The second kappa shape index (κ2) is 9.73. The standard InChI is InChI=1S/C27H28N4O2S/c1-18-12-8-9-15-20(18)28-24-23(25(32)31(30-24)19-13-6-5-7-14-19)34-22-17-11-10-16-21(22)29-26(33)27(2,3)4/h5-17,23H,1-4H3,(H,28,30)(H,29,33). The Morgan fingerprint density at radius 2 is 1.62 bits per heavy atom. The molecule has 0 aliphatic carbocycles. The van der Waals surface area contributed by atoms with Crippen molar-refractivity contribution in [1.82, 2.24) is 5.43 Å². The van der Waals surface area contributed by atoms with Crippen LogP contribution in [0.5, 0.6) is 0 Å². The molecule has 1 atom stereocenters. The fraction of sp³-hybridized carbons (Fsp3) is 0.222. The summed E-state index contributed by atoms with van der Waals surface area (Å²) in [6.45, 7) is 7.60. The van der Waals surface area contributed by atoms with Gasteiger partial charge in [0.15, 0.2) is 0 Å². The maximum atomic E-state index is 13.6. The predicted molar refractivity (Wildman–Crippen MR) is 140 cm³/mol. The minimum Gasteiger partial charge on any atom is -0.325 e. The average Bonchev–Trinajstić information content (AvgIpc) is 3.11. The van der Waals surface area contributed by atoms with Crippen molar-refractivity contribution in [2.75, 3.05) is 10.3 Å². The smallest absolute Gasteiger partial charge is 0.266 e. The third-order valence-corrected chi connectivity index (χ3v) is 6.62. The summed E-state index contributed by atoms with van der Waals surface area (Å²) in [6, 6.07) is 24.8. The van der Waals surface area contributed by atoms with Gasteiger partial charge in [-0.15, -0.1) is 11.8 Å². The van der Waals surface area contributed by atoms with Crippen LogP contribution in [0, 0.1) is 12.3 Å². The molecule has 1 saturated heterocycles. The van der Waals surface area contributed by atoms with Gasteiger partial charge in [0, 0.05) is 10.3 Å². The van der Waals surface area contributed by atoms with Crippen LogP contribution in [0.25, 0.3) is 0 Å². The Kier molecular flexibility index (Phi) is 6.75. The van der Waals surface area contributed by atoms with Crippen LogP contribution in [0.1, 0.15) is 26.3 Å². The lowest BCUT2D eigenvalue weighted by atomic mass is 9.95. The van der Waals surface area contributed by atoms with E-state index in [0.717, 1.165) is 21.8 Å². The first-order valence-corrected chi connectivity index (χ1v) is 12.0. The predicted octanol–water partition coefficient (Wildman–Crippen LogP) is 5.72. The Morgan fingerprint density at radius 3 is 2.32 bits per heavy atom. The molecule has 3 aromatic carbocycles. The number of carbonyl (C=O) groups excluding carboxylic acids is 2. The molecule has 0 aromatic heterocycles.